The minimum Gasteiger partial charge on any atom is -0.494 e. The fourth-order valence-electron chi connectivity index (χ4n) is 3.66. The quantitative estimate of drug-likeness (QED) is 0.364. The number of aliphatic carboxylic acids is 1. The summed E-state index contributed by atoms with van der Waals surface area (Å²) in [6.45, 7) is 8.01. The summed E-state index contributed by atoms with van der Waals surface area (Å²) in [5.74, 6) is 0.0766. The van der Waals surface area contributed by atoms with Crippen LogP contribution in [-0.2, 0) is 11.2 Å². The van der Waals surface area contributed by atoms with E-state index in [9.17, 15) is 9.90 Å². The zero-order chi connectivity index (χ0) is 24.8. The van der Waals surface area contributed by atoms with Gasteiger partial charge in [-0.25, -0.2) is 0 Å². The SMILES string of the molecule is CC(=O)O.CCCCOc1ccc(Cc2c(O)nc(NCCCN3CCCCC3)[nH]c2=O)cc1. The number of carboxylic acids is 1. The van der Waals surface area contributed by atoms with Crippen molar-refractivity contribution in [3.05, 3.63) is 45.7 Å². The summed E-state index contributed by atoms with van der Waals surface area (Å²) in [5.41, 5.74) is 0.875. The van der Waals surface area contributed by atoms with Crippen molar-refractivity contribution >= 4 is 11.9 Å². The van der Waals surface area contributed by atoms with Crippen molar-refractivity contribution in [1.82, 2.24) is 14.9 Å². The van der Waals surface area contributed by atoms with Crippen LogP contribution < -0.4 is 15.6 Å². The van der Waals surface area contributed by atoms with E-state index in [2.05, 4.69) is 27.1 Å². The molecule has 0 aliphatic carbocycles. The zero-order valence-electron chi connectivity index (χ0n) is 20.3. The lowest BCUT2D eigenvalue weighted by atomic mass is 10.1. The summed E-state index contributed by atoms with van der Waals surface area (Å²) in [7, 11) is 0. The molecule has 1 saturated heterocycles. The number of benzene rings is 1. The van der Waals surface area contributed by atoms with Gasteiger partial charge in [0, 0.05) is 19.9 Å². The number of aromatic amines is 1. The van der Waals surface area contributed by atoms with Crippen LogP contribution in [0.25, 0.3) is 0 Å². The van der Waals surface area contributed by atoms with E-state index >= 15 is 0 Å². The highest BCUT2D eigenvalue weighted by Crippen LogP contribution is 2.18. The predicted molar refractivity (Wildman–Crippen MR) is 133 cm³/mol. The van der Waals surface area contributed by atoms with Crippen LogP contribution in [-0.4, -0.2) is 63.8 Å². The number of aromatic hydroxyl groups is 1. The first kappa shape index (κ1) is 27.2. The topological polar surface area (TPSA) is 128 Å². The number of unbranched alkanes of at least 4 members (excludes halogenated alkanes) is 1. The van der Waals surface area contributed by atoms with Crippen molar-refractivity contribution in [2.45, 2.75) is 58.8 Å². The van der Waals surface area contributed by atoms with E-state index in [1.165, 1.54) is 32.4 Å². The van der Waals surface area contributed by atoms with E-state index in [0.29, 0.717) is 25.5 Å². The maximum Gasteiger partial charge on any atom is 0.300 e. The number of likely N-dealkylation sites (tertiary alicyclic amines) is 1. The Labute approximate surface area is 201 Å². The highest BCUT2D eigenvalue weighted by molar-refractivity contribution is 5.62. The maximum absolute atomic E-state index is 12.5. The molecule has 2 aromatic rings. The summed E-state index contributed by atoms with van der Waals surface area (Å²) in [6, 6.07) is 7.60. The zero-order valence-corrected chi connectivity index (χ0v) is 20.3. The van der Waals surface area contributed by atoms with Gasteiger partial charge in [-0.1, -0.05) is 31.9 Å². The van der Waals surface area contributed by atoms with Crippen molar-refractivity contribution in [3.63, 3.8) is 0 Å². The second-order valence-electron chi connectivity index (χ2n) is 8.44. The highest BCUT2D eigenvalue weighted by atomic mass is 16.5. The number of piperidine rings is 1. The monoisotopic (exact) mass is 474 g/mol. The van der Waals surface area contributed by atoms with Crippen LogP contribution in [0.15, 0.2) is 29.1 Å². The van der Waals surface area contributed by atoms with Crippen LogP contribution >= 0.6 is 0 Å². The molecule has 1 aliphatic heterocycles. The number of ether oxygens (including phenoxy) is 1. The minimum absolute atomic E-state index is 0.222. The second kappa shape index (κ2) is 15.0. The van der Waals surface area contributed by atoms with Crippen molar-refractivity contribution in [2.75, 3.05) is 38.1 Å². The third-order valence-electron chi connectivity index (χ3n) is 5.46. The van der Waals surface area contributed by atoms with Gasteiger partial charge in [-0.2, -0.15) is 4.98 Å². The van der Waals surface area contributed by atoms with Crippen molar-refractivity contribution in [1.29, 1.82) is 0 Å². The maximum atomic E-state index is 12.5. The first-order valence-corrected chi connectivity index (χ1v) is 12.1. The molecule has 3 rings (SSSR count). The molecule has 1 aliphatic rings. The molecular weight excluding hydrogens is 436 g/mol. The Morgan fingerprint density at radius 2 is 1.85 bits per heavy atom. The number of hydrogen-bond donors (Lipinski definition) is 4. The third-order valence-corrected chi connectivity index (χ3v) is 5.46. The lowest BCUT2D eigenvalue weighted by Gasteiger charge is -2.26. The number of rotatable bonds is 11. The molecule has 0 spiro atoms. The molecule has 0 saturated carbocycles. The number of carbonyl (C=O) groups is 1. The number of nitrogens with zero attached hydrogens (tertiary/aromatic N) is 2. The van der Waals surface area contributed by atoms with Gasteiger partial charge in [0.05, 0.1) is 12.2 Å². The molecule has 1 fully saturated rings. The molecule has 0 bridgehead atoms. The molecule has 0 amide bonds. The number of H-pyrrole nitrogens is 1. The molecule has 188 valence electrons. The van der Waals surface area contributed by atoms with Crippen molar-refractivity contribution in [3.8, 4) is 11.6 Å². The van der Waals surface area contributed by atoms with Gasteiger partial charge in [0.25, 0.3) is 11.5 Å². The fourth-order valence-corrected chi connectivity index (χ4v) is 3.66. The normalized spacial score (nSPS) is 13.6. The van der Waals surface area contributed by atoms with Crippen molar-refractivity contribution < 1.29 is 19.7 Å². The van der Waals surface area contributed by atoms with Gasteiger partial charge in [-0.3, -0.25) is 14.6 Å². The Morgan fingerprint density at radius 3 is 2.47 bits per heavy atom. The minimum atomic E-state index is -0.833. The number of carboxylic acid groups (broad SMARTS) is 1. The van der Waals surface area contributed by atoms with Crippen LogP contribution in [0.1, 0.15) is 63.5 Å². The molecule has 4 N–H and O–H groups in total. The van der Waals surface area contributed by atoms with E-state index in [1.807, 2.05) is 24.3 Å². The first-order valence-electron chi connectivity index (χ1n) is 12.1. The molecule has 1 aromatic heterocycles. The molecule has 1 aromatic carbocycles. The molecule has 2 heterocycles. The van der Waals surface area contributed by atoms with Crippen molar-refractivity contribution in [2.24, 2.45) is 0 Å². The van der Waals surface area contributed by atoms with Crippen LogP contribution in [0, 0.1) is 0 Å². The lowest BCUT2D eigenvalue weighted by molar-refractivity contribution is -0.134. The van der Waals surface area contributed by atoms with Crippen LogP contribution in [0.3, 0.4) is 0 Å². The van der Waals surface area contributed by atoms with Gasteiger partial charge in [0.1, 0.15) is 5.75 Å². The van der Waals surface area contributed by atoms with E-state index < -0.39 is 5.97 Å². The Morgan fingerprint density at radius 1 is 1.18 bits per heavy atom. The van der Waals surface area contributed by atoms with E-state index in [0.717, 1.165) is 44.0 Å². The van der Waals surface area contributed by atoms with Gasteiger partial charge in [-0.05, 0) is 63.0 Å². The number of aromatic nitrogens is 2. The first-order chi connectivity index (χ1) is 16.4. The number of anilines is 1. The van der Waals surface area contributed by atoms with E-state index in [1.54, 1.807) is 0 Å². The fraction of sp³-hybridized carbons (Fsp3) is 0.560. The Kier molecular flexibility index (Phi) is 12.0. The second-order valence-corrected chi connectivity index (χ2v) is 8.44. The van der Waals surface area contributed by atoms with Gasteiger partial charge < -0.3 is 25.2 Å². The smallest absolute Gasteiger partial charge is 0.300 e. The standard InChI is InChI=1S/C23H34N4O3.C2H4O2/c1-2-3-16-30-19-10-8-18(9-11-19)17-20-21(28)25-23(26-22(20)29)24-12-7-15-27-13-5-4-6-14-27;1-2(3)4/h8-11H,2-7,12-17H2,1H3,(H3,24,25,26,28,29);1H3,(H,3,4). The van der Waals surface area contributed by atoms with Gasteiger partial charge in [0.2, 0.25) is 11.8 Å². The number of nitrogens with one attached hydrogen (secondary N) is 2. The molecule has 9 nitrogen and oxygen atoms in total. The molecular formula is C25H38N4O5. The predicted octanol–water partition coefficient (Wildman–Crippen LogP) is 3.62. The van der Waals surface area contributed by atoms with Gasteiger partial charge in [-0.15, -0.1) is 0 Å². The van der Waals surface area contributed by atoms with Gasteiger partial charge >= 0.3 is 0 Å². The van der Waals surface area contributed by atoms with E-state index in [4.69, 9.17) is 14.6 Å². The molecule has 0 unspecified atom stereocenters. The average Bonchev–Trinajstić information content (AvgIpc) is 2.81. The molecule has 0 atom stereocenters. The van der Waals surface area contributed by atoms with Crippen LogP contribution in [0.2, 0.25) is 0 Å². The Hall–Kier alpha value is -3.07. The summed E-state index contributed by atoms with van der Waals surface area (Å²) >= 11 is 0. The molecule has 34 heavy (non-hydrogen) atoms. The van der Waals surface area contributed by atoms with Gasteiger partial charge in [0.15, 0.2) is 0 Å². The Bertz CT molecular complexity index is 920. The van der Waals surface area contributed by atoms with E-state index in [-0.39, 0.29) is 17.0 Å². The average molecular weight is 475 g/mol. The number of hydrogen-bond acceptors (Lipinski definition) is 7. The Balaban J connectivity index is 0.000000945. The third kappa shape index (κ3) is 10.2. The van der Waals surface area contributed by atoms with Crippen LogP contribution in [0.4, 0.5) is 5.95 Å². The summed E-state index contributed by atoms with van der Waals surface area (Å²) in [4.78, 5) is 30.8. The summed E-state index contributed by atoms with van der Waals surface area (Å²) in [5, 5.41) is 20.8. The molecule has 9 heteroatoms. The molecule has 0 radical (unpaired) electrons. The summed E-state index contributed by atoms with van der Waals surface area (Å²) in [6.07, 6.45) is 7.31. The highest BCUT2D eigenvalue weighted by Gasteiger charge is 2.12. The van der Waals surface area contributed by atoms with Crippen LogP contribution in [0.5, 0.6) is 11.6 Å². The lowest BCUT2D eigenvalue weighted by Crippen LogP contribution is -2.31. The largest absolute Gasteiger partial charge is 0.494 e. The summed E-state index contributed by atoms with van der Waals surface area (Å²) < 4.78 is 5.66.